The van der Waals surface area contributed by atoms with Crippen LogP contribution in [0.5, 0.6) is 0 Å². The second-order valence-electron chi connectivity index (χ2n) is 4.05. The molecule has 1 amide bonds. The summed E-state index contributed by atoms with van der Waals surface area (Å²) in [5.41, 5.74) is 1.53. The molecule has 0 N–H and O–H groups in total. The standard InChI is InChI=1S/C14H13FN2O/c1-10-3-4-12(13(15)9-10)14(18)17(2)11-5-7-16-8-6-11/h3-9H,1-2H3. The summed E-state index contributed by atoms with van der Waals surface area (Å²) in [5.74, 6) is -0.875. The molecule has 2 rings (SSSR count). The maximum Gasteiger partial charge on any atom is 0.260 e. The van der Waals surface area contributed by atoms with Crippen LogP contribution in [-0.2, 0) is 0 Å². The summed E-state index contributed by atoms with van der Waals surface area (Å²) in [6.45, 7) is 1.78. The van der Waals surface area contributed by atoms with Gasteiger partial charge in [0, 0.05) is 25.1 Å². The molecule has 1 aromatic carbocycles. The number of carbonyl (C=O) groups excluding carboxylic acids is 1. The summed E-state index contributed by atoms with van der Waals surface area (Å²) < 4.78 is 13.7. The molecule has 0 bridgehead atoms. The maximum atomic E-state index is 13.7. The van der Waals surface area contributed by atoms with E-state index < -0.39 is 5.82 Å². The van der Waals surface area contributed by atoms with Crippen LogP contribution < -0.4 is 4.90 Å². The first-order valence-electron chi connectivity index (χ1n) is 5.54. The van der Waals surface area contributed by atoms with Crippen molar-refractivity contribution in [2.75, 3.05) is 11.9 Å². The molecule has 0 saturated carbocycles. The van der Waals surface area contributed by atoms with Crippen LogP contribution in [0.4, 0.5) is 10.1 Å². The minimum absolute atomic E-state index is 0.0694. The van der Waals surface area contributed by atoms with Gasteiger partial charge in [-0.05, 0) is 36.8 Å². The number of amides is 1. The van der Waals surface area contributed by atoms with E-state index in [4.69, 9.17) is 0 Å². The van der Waals surface area contributed by atoms with Gasteiger partial charge in [-0.1, -0.05) is 6.07 Å². The van der Waals surface area contributed by atoms with E-state index in [0.29, 0.717) is 5.69 Å². The van der Waals surface area contributed by atoms with Crippen LogP contribution in [0.3, 0.4) is 0 Å². The fraction of sp³-hybridized carbons (Fsp3) is 0.143. The van der Waals surface area contributed by atoms with E-state index in [2.05, 4.69) is 4.98 Å². The summed E-state index contributed by atoms with van der Waals surface area (Å²) in [4.78, 5) is 17.4. The van der Waals surface area contributed by atoms with Crippen LogP contribution in [0.2, 0.25) is 0 Å². The minimum Gasteiger partial charge on any atom is -0.311 e. The first-order valence-corrected chi connectivity index (χ1v) is 5.54. The van der Waals surface area contributed by atoms with Crippen molar-refractivity contribution in [3.8, 4) is 0 Å². The van der Waals surface area contributed by atoms with Gasteiger partial charge in [0.05, 0.1) is 5.56 Å². The fourth-order valence-corrected chi connectivity index (χ4v) is 1.66. The quantitative estimate of drug-likeness (QED) is 0.813. The van der Waals surface area contributed by atoms with Crippen LogP contribution in [0.15, 0.2) is 42.7 Å². The Balaban J connectivity index is 2.32. The molecule has 1 aromatic heterocycles. The van der Waals surface area contributed by atoms with Gasteiger partial charge in [-0.25, -0.2) is 4.39 Å². The molecule has 18 heavy (non-hydrogen) atoms. The highest BCUT2D eigenvalue weighted by Gasteiger charge is 2.17. The lowest BCUT2D eigenvalue weighted by molar-refractivity contribution is 0.0989. The Morgan fingerprint density at radius 3 is 2.50 bits per heavy atom. The molecule has 0 aliphatic rings. The molecule has 4 heteroatoms. The van der Waals surface area contributed by atoms with E-state index in [0.717, 1.165) is 5.56 Å². The number of nitrogens with zero attached hydrogens (tertiary/aromatic N) is 2. The number of carbonyl (C=O) groups is 1. The Bertz CT molecular complexity index is 569. The van der Waals surface area contributed by atoms with Gasteiger partial charge in [0.25, 0.3) is 5.91 Å². The molecule has 0 radical (unpaired) electrons. The molecule has 1 heterocycles. The number of halogens is 1. The van der Waals surface area contributed by atoms with Gasteiger partial charge in [-0.2, -0.15) is 0 Å². The average molecular weight is 244 g/mol. The maximum absolute atomic E-state index is 13.7. The van der Waals surface area contributed by atoms with E-state index >= 15 is 0 Å². The average Bonchev–Trinajstić information content (AvgIpc) is 2.38. The lowest BCUT2D eigenvalue weighted by Gasteiger charge is -2.17. The van der Waals surface area contributed by atoms with Crippen LogP contribution in [-0.4, -0.2) is 17.9 Å². The van der Waals surface area contributed by atoms with Gasteiger partial charge in [0.1, 0.15) is 5.82 Å². The third kappa shape index (κ3) is 2.37. The highest BCUT2D eigenvalue weighted by Crippen LogP contribution is 2.17. The largest absolute Gasteiger partial charge is 0.311 e. The van der Waals surface area contributed by atoms with E-state index in [1.807, 2.05) is 0 Å². The van der Waals surface area contributed by atoms with Gasteiger partial charge in [-0.3, -0.25) is 9.78 Å². The molecule has 0 atom stereocenters. The number of aromatic nitrogens is 1. The van der Waals surface area contributed by atoms with E-state index in [-0.39, 0.29) is 11.5 Å². The summed E-state index contributed by atoms with van der Waals surface area (Å²) in [7, 11) is 1.61. The Hall–Kier alpha value is -2.23. The molecule has 0 fully saturated rings. The predicted octanol–water partition coefficient (Wildman–Crippen LogP) is 2.81. The highest BCUT2D eigenvalue weighted by atomic mass is 19.1. The summed E-state index contributed by atoms with van der Waals surface area (Å²) >= 11 is 0. The van der Waals surface area contributed by atoms with Crippen molar-refractivity contribution in [1.29, 1.82) is 0 Å². The Kier molecular flexibility index (Phi) is 3.37. The van der Waals surface area contributed by atoms with Gasteiger partial charge < -0.3 is 4.90 Å². The topological polar surface area (TPSA) is 33.2 Å². The number of aryl methyl sites for hydroxylation is 1. The molecule has 0 aliphatic carbocycles. The van der Waals surface area contributed by atoms with Gasteiger partial charge in [-0.15, -0.1) is 0 Å². The first kappa shape index (κ1) is 12.2. The third-order valence-electron chi connectivity index (χ3n) is 2.71. The van der Waals surface area contributed by atoms with Crippen LogP contribution in [0.25, 0.3) is 0 Å². The summed E-state index contributed by atoms with van der Waals surface area (Å²) in [5, 5.41) is 0. The van der Waals surface area contributed by atoms with Crippen LogP contribution >= 0.6 is 0 Å². The Labute approximate surface area is 105 Å². The Morgan fingerprint density at radius 2 is 1.89 bits per heavy atom. The molecule has 0 saturated heterocycles. The molecule has 2 aromatic rings. The van der Waals surface area contributed by atoms with E-state index in [1.54, 1.807) is 44.6 Å². The van der Waals surface area contributed by atoms with Gasteiger partial charge in [0.15, 0.2) is 0 Å². The van der Waals surface area contributed by atoms with Crippen molar-refractivity contribution in [2.24, 2.45) is 0 Å². The normalized spacial score (nSPS) is 10.2. The zero-order chi connectivity index (χ0) is 13.1. The molecule has 3 nitrogen and oxygen atoms in total. The molecule has 92 valence electrons. The summed E-state index contributed by atoms with van der Waals surface area (Å²) in [6.07, 6.45) is 3.18. The van der Waals surface area contributed by atoms with Crippen molar-refractivity contribution in [3.63, 3.8) is 0 Å². The zero-order valence-electron chi connectivity index (χ0n) is 10.2. The number of hydrogen-bond acceptors (Lipinski definition) is 2. The van der Waals surface area contributed by atoms with Crippen LogP contribution in [0, 0.1) is 12.7 Å². The number of anilines is 1. The lowest BCUT2D eigenvalue weighted by Crippen LogP contribution is -2.27. The second kappa shape index (κ2) is 4.96. The number of hydrogen-bond donors (Lipinski definition) is 0. The van der Waals surface area contributed by atoms with Crippen LogP contribution in [0.1, 0.15) is 15.9 Å². The lowest BCUT2D eigenvalue weighted by atomic mass is 10.1. The molecule has 0 spiro atoms. The zero-order valence-corrected chi connectivity index (χ0v) is 10.2. The highest BCUT2D eigenvalue weighted by molar-refractivity contribution is 6.05. The van der Waals surface area contributed by atoms with Crippen molar-refractivity contribution in [1.82, 2.24) is 4.98 Å². The molecular formula is C14H13FN2O. The number of benzene rings is 1. The molecule has 0 unspecified atom stereocenters. The predicted molar refractivity (Wildman–Crippen MR) is 68.1 cm³/mol. The van der Waals surface area contributed by atoms with Crippen molar-refractivity contribution >= 4 is 11.6 Å². The minimum atomic E-state index is -0.499. The number of rotatable bonds is 2. The van der Waals surface area contributed by atoms with Crippen molar-refractivity contribution in [3.05, 3.63) is 59.7 Å². The first-order chi connectivity index (χ1) is 8.59. The van der Waals surface area contributed by atoms with Gasteiger partial charge in [0.2, 0.25) is 0 Å². The molecule has 0 aliphatic heterocycles. The Morgan fingerprint density at radius 1 is 1.22 bits per heavy atom. The van der Waals surface area contributed by atoms with E-state index in [9.17, 15) is 9.18 Å². The van der Waals surface area contributed by atoms with Crippen molar-refractivity contribution < 1.29 is 9.18 Å². The van der Waals surface area contributed by atoms with Gasteiger partial charge >= 0.3 is 0 Å². The second-order valence-corrected chi connectivity index (χ2v) is 4.05. The fourth-order valence-electron chi connectivity index (χ4n) is 1.66. The summed E-state index contributed by atoms with van der Waals surface area (Å²) in [6, 6.07) is 7.98. The van der Waals surface area contributed by atoms with Crippen molar-refractivity contribution in [2.45, 2.75) is 6.92 Å². The van der Waals surface area contributed by atoms with E-state index in [1.165, 1.54) is 17.0 Å². The molecular weight excluding hydrogens is 231 g/mol. The SMILES string of the molecule is Cc1ccc(C(=O)N(C)c2ccncc2)c(F)c1. The third-order valence-corrected chi connectivity index (χ3v) is 2.71. The monoisotopic (exact) mass is 244 g/mol. The smallest absolute Gasteiger partial charge is 0.260 e. The number of pyridine rings is 1.